The zero-order valence-electron chi connectivity index (χ0n) is 12.5. The van der Waals surface area contributed by atoms with Crippen LogP contribution < -0.4 is 10.1 Å². The molecule has 1 N–H and O–H groups in total. The zero-order chi connectivity index (χ0) is 13.9. The minimum Gasteiger partial charge on any atom is -0.497 e. The molecule has 0 bridgehead atoms. The van der Waals surface area contributed by atoms with Crippen molar-refractivity contribution in [2.75, 3.05) is 13.4 Å². The Morgan fingerprint density at radius 3 is 2.65 bits per heavy atom. The van der Waals surface area contributed by atoms with Crippen molar-refractivity contribution in [3.05, 3.63) is 29.3 Å². The first-order chi connectivity index (χ1) is 9.80. The quantitative estimate of drug-likeness (QED) is 0.907. The van der Waals surface area contributed by atoms with Gasteiger partial charge in [-0.1, -0.05) is 6.07 Å². The number of benzene rings is 1. The fourth-order valence-electron chi connectivity index (χ4n) is 3.63. The Morgan fingerprint density at radius 2 is 1.95 bits per heavy atom. The summed E-state index contributed by atoms with van der Waals surface area (Å²) in [5.74, 6) is 0.989. The molecule has 3 rings (SSSR count). The number of aryl methyl sites for hydroxylation is 1. The number of fused-ring (bicyclic) bond motifs is 1. The molecule has 0 aliphatic heterocycles. The van der Waals surface area contributed by atoms with Crippen LogP contribution in [0.5, 0.6) is 5.75 Å². The number of hydrogen-bond donors (Lipinski definition) is 1. The molecule has 110 valence electrons. The van der Waals surface area contributed by atoms with Gasteiger partial charge in [0.15, 0.2) is 0 Å². The van der Waals surface area contributed by atoms with Gasteiger partial charge in [0.1, 0.15) is 5.75 Å². The number of ether oxygens (including phenoxy) is 1. The first kappa shape index (κ1) is 14.3. The molecule has 1 saturated carbocycles. The minimum absolute atomic E-state index is 0.538. The third kappa shape index (κ3) is 2.99. The van der Waals surface area contributed by atoms with Crippen molar-refractivity contribution in [3.8, 4) is 5.75 Å². The molecule has 2 aliphatic rings. The van der Waals surface area contributed by atoms with E-state index in [1.54, 1.807) is 7.11 Å². The summed E-state index contributed by atoms with van der Waals surface area (Å²) in [6.07, 6.45) is 10.1. The van der Waals surface area contributed by atoms with Crippen molar-refractivity contribution in [2.45, 2.75) is 55.9 Å². The highest BCUT2D eigenvalue weighted by Crippen LogP contribution is 2.36. The lowest BCUT2D eigenvalue weighted by molar-refractivity contribution is 0.341. The van der Waals surface area contributed by atoms with Gasteiger partial charge in [-0.2, -0.15) is 11.8 Å². The second-order valence-corrected chi connectivity index (χ2v) is 7.17. The molecule has 0 heterocycles. The van der Waals surface area contributed by atoms with Gasteiger partial charge in [-0.15, -0.1) is 0 Å². The van der Waals surface area contributed by atoms with Crippen LogP contribution in [0.25, 0.3) is 0 Å². The van der Waals surface area contributed by atoms with E-state index in [1.165, 1.54) is 49.7 Å². The molecular weight excluding hydrogens is 266 g/mol. The second kappa shape index (κ2) is 6.40. The standard InChI is InChI=1S/C17H25NOS/c1-19-14-7-3-12-4-10-17(16(12)11-14)18-13-5-8-15(20-2)9-6-13/h3,7,11,13,15,17-18H,4-6,8-10H2,1-2H3. The number of nitrogens with one attached hydrogen (secondary N) is 1. The van der Waals surface area contributed by atoms with E-state index in [2.05, 4.69) is 29.8 Å². The monoisotopic (exact) mass is 291 g/mol. The molecule has 0 aromatic heterocycles. The maximum atomic E-state index is 5.38. The summed E-state index contributed by atoms with van der Waals surface area (Å²) in [5.41, 5.74) is 2.97. The van der Waals surface area contributed by atoms with Crippen LogP contribution >= 0.6 is 11.8 Å². The molecular formula is C17H25NOS. The van der Waals surface area contributed by atoms with Gasteiger partial charge >= 0.3 is 0 Å². The SMILES string of the molecule is COc1ccc2c(c1)C(NC1CCC(SC)CC1)CC2. The van der Waals surface area contributed by atoms with Crippen molar-refractivity contribution >= 4 is 11.8 Å². The van der Waals surface area contributed by atoms with E-state index in [1.807, 2.05) is 11.8 Å². The van der Waals surface area contributed by atoms with Crippen LogP contribution in [-0.4, -0.2) is 24.7 Å². The summed E-state index contributed by atoms with van der Waals surface area (Å²) in [7, 11) is 1.75. The van der Waals surface area contributed by atoms with Crippen LogP contribution in [-0.2, 0) is 6.42 Å². The topological polar surface area (TPSA) is 21.3 Å². The number of methoxy groups -OCH3 is 1. The Morgan fingerprint density at radius 1 is 1.15 bits per heavy atom. The Balaban J connectivity index is 1.63. The lowest BCUT2D eigenvalue weighted by Crippen LogP contribution is -2.35. The van der Waals surface area contributed by atoms with E-state index in [-0.39, 0.29) is 0 Å². The highest BCUT2D eigenvalue weighted by Gasteiger charge is 2.27. The second-order valence-electron chi connectivity index (χ2n) is 6.03. The van der Waals surface area contributed by atoms with E-state index >= 15 is 0 Å². The third-order valence-electron chi connectivity index (χ3n) is 4.88. The van der Waals surface area contributed by atoms with Crippen molar-refractivity contribution in [2.24, 2.45) is 0 Å². The Kier molecular flexibility index (Phi) is 4.57. The molecule has 20 heavy (non-hydrogen) atoms. The first-order valence-electron chi connectivity index (χ1n) is 7.76. The molecule has 1 aromatic rings. The summed E-state index contributed by atoms with van der Waals surface area (Å²) in [4.78, 5) is 0. The Bertz CT molecular complexity index is 454. The van der Waals surface area contributed by atoms with Gasteiger partial charge in [-0.3, -0.25) is 0 Å². The maximum absolute atomic E-state index is 5.38. The molecule has 2 nitrogen and oxygen atoms in total. The predicted octanol–water partition coefficient (Wildman–Crippen LogP) is 3.95. The highest BCUT2D eigenvalue weighted by molar-refractivity contribution is 7.99. The largest absolute Gasteiger partial charge is 0.497 e. The van der Waals surface area contributed by atoms with Crippen LogP contribution in [0.2, 0.25) is 0 Å². The van der Waals surface area contributed by atoms with Crippen LogP contribution in [0, 0.1) is 0 Å². The van der Waals surface area contributed by atoms with Gasteiger partial charge in [0.2, 0.25) is 0 Å². The van der Waals surface area contributed by atoms with Gasteiger partial charge in [-0.25, -0.2) is 0 Å². The van der Waals surface area contributed by atoms with Gasteiger partial charge in [0.25, 0.3) is 0 Å². The Hall–Kier alpha value is -0.670. The van der Waals surface area contributed by atoms with Crippen LogP contribution in [0.15, 0.2) is 18.2 Å². The lowest BCUT2D eigenvalue weighted by atomic mass is 9.93. The van der Waals surface area contributed by atoms with Gasteiger partial charge < -0.3 is 10.1 Å². The first-order valence-corrected chi connectivity index (χ1v) is 9.04. The van der Waals surface area contributed by atoms with E-state index < -0.39 is 0 Å². The molecule has 0 amide bonds. The number of thioether (sulfide) groups is 1. The summed E-state index contributed by atoms with van der Waals surface area (Å²) < 4.78 is 5.38. The Labute approximate surface area is 126 Å². The molecule has 1 atom stereocenters. The average Bonchev–Trinajstić information content (AvgIpc) is 2.90. The van der Waals surface area contributed by atoms with E-state index in [0.29, 0.717) is 12.1 Å². The van der Waals surface area contributed by atoms with Crippen molar-refractivity contribution in [1.82, 2.24) is 5.32 Å². The van der Waals surface area contributed by atoms with Crippen molar-refractivity contribution < 1.29 is 4.74 Å². The maximum Gasteiger partial charge on any atom is 0.119 e. The molecule has 1 fully saturated rings. The van der Waals surface area contributed by atoms with E-state index in [0.717, 1.165) is 11.0 Å². The minimum atomic E-state index is 0.538. The predicted molar refractivity (Wildman–Crippen MR) is 86.8 cm³/mol. The molecule has 2 aliphatic carbocycles. The molecule has 1 unspecified atom stereocenters. The smallest absolute Gasteiger partial charge is 0.119 e. The third-order valence-corrected chi connectivity index (χ3v) is 6.01. The summed E-state index contributed by atoms with van der Waals surface area (Å²) in [6, 6.07) is 7.80. The normalized spacial score (nSPS) is 29.2. The number of rotatable bonds is 4. The fraction of sp³-hybridized carbons (Fsp3) is 0.647. The number of hydrogen-bond acceptors (Lipinski definition) is 3. The molecule has 1 aromatic carbocycles. The van der Waals surface area contributed by atoms with Crippen molar-refractivity contribution in [3.63, 3.8) is 0 Å². The van der Waals surface area contributed by atoms with Gasteiger partial charge in [0, 0.05) is 17.3 Å². The molecule has 0 radical (unpaired) electrons. The molecule has 0 saturated heterocycles. The van der Waals surface area contributed by atoms with Crippen LogP contribution in [0.4, 0.5) is 0 Å². The summed E-state index contributed by atoms with van der Waals surface area (Å²) in [5, 5.41) is 4.80. The summed E-state index contributed by atoms with van der Waals surface area (Å²) >= 11 is 2.04. The van der Waals surface area contributed by atoms with Crippen LogP contribution in [0.1, 0.15) is 49.3 Å². The zero-order valence-corrected chi connectivity index (χ0v) is 13.3. The van der Waals surface area contributed by atoms with E-state index in [4.69, 9.17) is 4.74 Å². The summed E-state index contributed by atoms with van der Waals surface area (Å²) in [6.45, 7) is 0. The van der Waals surface area contributed by atoms with E-state index in [9.17, 15) is 0 Å². The van der Waals surface area contributed by atoms with Crippen LogP contribution in [0.3, 0.4) is 0 Å². The fourth-order valence-corrected chi connectivity index (χ4v) is 4.37. The highest BCUT2D eigenvalue weighted by atomic mass is 32.2. The molecule has 3 heteroatoms. The van der Waals surface area contributed by atoms with Crippen molar-refractivity contribution in [1.29, 1.82) is 0 Å². The molecule has 0 spiro atoms. The average molecular weight is 291 g/mol. The van der Waals surface area contributed by atoms with Gasteiger partial charge in [-0.05, 0) is 68.0 Å². The lowest BCUT2D eigenvalue weighted by Gasteiger charge is -2.30. The van der Waals surface area contributed by atoms with Gasteiger partial charge in [0.05, 0.1) is 7.11 Å².